The fraction of sp³-hybridized carbons (Fsp3) is 0.455. The molecular weight excluding hydrogens is 132 g/mol. The van der Waals surface area contributed by atoms with Crippen molar-refractivity contribution < 1.29 is 0 Å². The molecule has 0 aromatic heterocycles. The lowest BCUT2D eigenvalue weighted by Gasteiger charge is -2.17. The summed E-state index contributed by atoms with van der Waals surface area (Å²) in [6.07, 6.45) is 1.13. The summed E-state index contributed by atoms with van der Waals surface area (Å²) in [5.74, 6) is 0. The Bertz CT molecular complexity index is 203. The minimum Gasteiger partial charge on any atom is -0.0614 e. The summed E-state index contributed by atoms with van der Waals surface area (Å²) >= 11 is 0. The summed E-state index contributed by atoms with van der Waals surface area (Å²) in [5.41, 5.74) is 1.76. The van der Waals surface area contributed by atoms with Crippen molar-refractivity contribution in [1.29, 1.82) is 0 Å². The second-order valence-corrected chi connectivity index (χ2v) is 4.15. The SMILES string of the molecule is CC(C)(C)Cc1c[c]ccc1. The molecule has 1 rings (SSSR count). The number of hydrogen-bond acceptors (Lipinski definition) is 0. The average molecular weight is 147 g/mol. The standard InChI is InChI=1S/C11H15/c1-11(2,3)9-10-7-5-4-6-8-10/h4-5,7-8H,9H2,1-3H3. The average Bonchev–Trinajstić information content (AvgIpc) is 1.85. The van der Waals surface area contributed by atoms with Crippen LogP contribution in [0.5, 0.6) is 0 Å². The molecule has 0 aliphatic rings. The van der Waals surface area contributed by atoms with Gasteiger partial charge in [0.2, 0.25) is 0 Å². The van der Waals surface area contributed by atoms with Gasteiger partial charge < -0.3 is 0 Å². The Labute approximate surface area is 69.3 Å². The van der Waals surface area contributed by atoms with E-state index in [1.165, 1.54) is 5.56 Å². The Kier molecular flexibility index (Phi) is 2.33. The monoisotopic (exact) mass is 147 g/mol. The highest BCUT2D eigenvalue weighted by Gasteiger charge is 2.09. The number of hydrogen-bond donors (Lipinski definition) is 0. The third-order valence-corrected chi connectivity index (χ3v) is 1.51. The van der Waals surface area contributed by atoms with Crippen LogP contribution in [-0.4, -0.2) is 0 Å². The Hall–Kier alpha value is -0.780. The van der Waals surface area contributed by atoms with E-state index >= 15 is 0 Å². The highest BCUT2D eigenvalue weighted by molar-refractivity contribution is 5.14. The maximum Gasteiger partial charge on any atom is -0.0181 e. The Morgan fingerprint density at radius 3 is 2.55 bits per heavy atom. The van der Waals surface area contributed by atoms with Gasteiger partial charge in [-0.25, -0.2) is 0 Å². The summed E-state index contributed by atoms with van der Waals surface area (Å²) in [6.45, 7) is 6.75. The zero-order valence-corrected chi connectivity index (χ0v) is 7.52. The van der Waals surface area contributed by atoms with Crippen LogP contribution in [0, 0.1) is 11.5 Å². The first-order valence-electron chi connectivity index (χ1n) is 4.03. The molecule has 0 atom stereocenters. The van der Waals surface area contributed by atoms with E-state index in [9.17, 15) is 0 Å². The molecule has 0 heteroatoms. The maximum atomic E-state index is 3.08. The van der Waals surface area contributed by atoms with Gasteiger partial charge in [0.05, 0.1) is 0 Å². The summed E-state index contributed by atoms with van der Waals surface area (Å²) in [4.78, 5) is 0. The first-order chi connectivity index (χ1) is 5.08. The zero-order valence-electron chi connectivity index (χ0n) is 7.52. The number of benzene rings is 1. The molecule has 0 amide bonds. The topological polar surface area (TPSA) is 0 Å². The van der Waals surface area contributed by atoms with Crippen molar-refractivity contribution in [3.63, 3.8) is 0 Å². The third-order valence-electron chi connectivity index (χ3n) is 1.51. The third kappa shape index (κ3) is 3.22. The van der Waals surface area contributed by atoms with E-state index in [2.05, 4.69) is 39.0 Å². The Morgan fingerprint density at radius 1 is 1.36 bits per heavy atom. The molecule has 0 unspecified atom stereocenters. The van der Waals surface area contributed by atoms with Crippen molar-refractivity contribution in [3.05, 3.63) is 35.9 Å². The minimum atomic E-state index is 0.384. The van der Waals surface area contributed by atoms with E-state index in [0.717, 1.165) is 6.42 Å². The van der Waals surface area contributed by atoms with Crippen molar-refractivity contribution in [2.24, 2.45) is 5.41 Å². The molecule has 0 nitrogen and oxygen atoms in total. The molecule has 1 aromatic rings. The largest absolute Gasteiger partial charge is 0.0614 e. The Balaban J connectivity index is 2.66. The fourth-order valence-electron chi connectivity index (χ4n) is 1.15. The predicted molar refractivity (Wildman–Crippen MR) is 48.4 cm³/mol. The molecule has 0 bridgehead atoms. The van der Waals surface area contributed by atoms with Crippen molar-refractivity contribution in [2.75, 3.05) is 0 Å². The van der Waals surface area contributed by atoms with Gasteiger partial charge in [-0.15, -0.1) is 0 Å². The second kappa shape index (κ2) is 3.08. The van der Waals surface area contributed by atoms with Crippen LogP contribution < -0.4 is 0 Å². The predicted octanol–water partition coefficient (Wildman–Crippen LogP) is 3.08. The van der Waals surface area contributed by atoms with Gasteiger partial charge in [-0.2, -0.15) is 0 Å². The van der Waals surface area contributed by atoms with Crippen LogP contribution in [0.4, 0.5) is 0 Å². The summed E-state index contributed by atoms with van der Waals surface area (Å²) < 4.78 is 0. The summed E-state index contributed by atoms with van der Waals surface area (Å²) in [5, 5.41) is 0. The first kappa shape index (κ1) is 8.32. The lowest BCUT2D eigenvalue weighted by atomic mass is 9.88. The fourth-order valence-corrected chi connectivity index (χ4v) is 1.15. The molecular formula is C11H15. The molecule has 1 radical (unpaired) electrons. The van der Waals surface area contributed by atoms with Gasteiger partial charge in [-0.05, 0) is 23.5 Å². The molecule has 0 N–H and O–H groups in total. The molecule has 11 heavy (non-hydrogen) atoms. The van der Waals surface area contributed by atoms with Crippen LogP contribution in [0.25, 0.3) is 0 Å². The zero-order chi connectivity index (χ0) is 8.32. The van der Waals surface area contributed by atoms with Crippen LogP contribution in [-0.2, 0) is 6.42 Å². The summed E-state index contributed by atoms with van der Waals surface area (Å²) in [7, 11) is 0. The van der Waals surface area contributed by atoms with Crippen LogP contribution >= 0.6 is 0 Å². The van der Waals surface area contributed by atoms with Crippen LogP contribution in [0.3, 0.4) is 0 Å². The smallest absolute Gasteiger partial charge is 0.0181 e. The maximum absolute atomic E-state index is 3.08. The molecule has 0 spiro atoms. The van der Waals surface area contributed by atoms with Crippen molar-refractivity contribution in [1.82, 2.24) is 0 Å². The highest BCUT2D eigenvalue weighted by atomic mass is 14.1. The minimum absolute atomic E-state index is 0.384. The van der Waals surface area contributed by atoms with Gasteiger partial charge in [-0.1, -0.05) is 45.0 Å². The van der Waals surface area contributed by atoms with Crippen molar-refractivity contribution in [3.8, 4) is 0 Å². The van der Waals surface area contributed by atoms with Crippen molar-refractivity contribution >= 4 is 0 Å². The van der Waals surface area contributed by atoms with Crippen molar-refractivity contribution in [2.45, 2.75) is 27.2 Å². The van der Waals surface area contributed by atoms with Gasteiger partial charge in [0.15, 0.2) is 0 Å². The van der Waals surface area contributed by atoms with E-state index in [0.29, 0.717) is 5.41 Å². The molecule has 0 aliphatic carbocycles. The highest BCUT2D eigenvalue weighted by Crippen LogP contribution is 2.19. The van der Waals surface area contributed by atoms with E-state index in [-0.39, 0.29) is 0 Å². The summed E-state index contributed by atoms with van der Waals surface area (Å²) in [6, 6.07) is 11.3. The van der Waals surface area contributed by atoms with E-state index in [1.807, 2.05) is 12.1 Å². The van der Waals surface area contributed by atoms with Gasteiger partial charge in [0.1, 0.15) is 0 Å². The second-order valence-electron chi connectivity index (χ2n) is 4.15. The lowest BCUT2D eigenvalue weighted by Crippen LogP contribution is -2.08. The molecule has 0 saturated heterocycles. The quantitative estimate of drug-likeness (QED) is 0.572. The molecule has 0 aliphatic heterocycles. The molecule has 0 fully saturated rings. The molecule has 1 aromatic carbocycles. The van der Waals surface area contributed by atoms with Crippen LogP contribution in [0.15, 0.2) is 24.3 Å². The van der Waals surface area contributed by atoms with Gasteiger partial charge in [-0.3, -0.25) is 0 Å². The van der Waals surface area contributed by atoms with Crippen LogP contribution in [0.2, 0.25) is 0 Å². The van der Waals surface area contributed by atoms with Gasteiger partial charge in [0, 0.05) is 0 Å². The van der Waals surface area contributed by atoms with Gasteiger partial charge in [0.25, 0.3) is 0 Å². The molecule has 59 valence electrons. The van der Waals surface area contributed by atoms with E-state index in [4.69, 9.17) is 0 Å². The lowest BCUT2D eigenvalue weighted by molar-refractivity contribution is 0.411. The molecule has 0 heterocycles. The molecule has 0 saturated carbocycles. The number of rotatable bonds is 1. The normalized spacial score (nSPS) is 11.5. The van der Waals surface area contributed by atoms with E-state index in [1.54, 1.807) is 0 Å². The van der Waals surface area contributed by atoms with Crippen LogP contribution in [0.1, 0.15) is 26.3 Å². The van der Waals surface area contributed by atoms with E-state index < -0.39 is 0 Å². The first-order valence-corrected chi connectivity index (χ1v) is 4.03. The van der Waals surface area contributed by atoms with Gasteiger partial charge >= 0.3 is 0 Å². The Morgan fingerprint density at radius 2 is 2.09 bits per heavy atom.